The van der Waals surface area contributed by atoms with Gasteiger partial charge in [0.05, 0.1) is 0 Å². The minimum Gasteiger partial charge on any atom is -0.412 e. The van der Waals surface area contributed by atoms with Gasteiger partial charge in [0.15, 0.2) is 0 Å². The van der Waals surface area contributed by atoms with Crippen LogP contribution in [-0.2, 0) is 0 Å². The van der Waals surface area contributed by atoms with Crippen molar-refractivity contribution in [2.75, 3.05) is 0 Å². The Morgan fingerprint density at radius 1 is 0.375 bits per heavy atom. The van der Waals surface area contributed by atoms with Crippen molar-refractivity contribution in [1.82, 2.24) is 0 Å². The Morgan fingerprint density at radius 2 is 0.375 bits per heavy atom. The van der Waals surface area contributed by atoms with E-state index in [1.165, 1.54) is 0 Å². The minimum absolute atomic E-state index is 0. The van der Waals surface area contributed by atoms with E-state index in [-0.39, 0.29) is 107 Å². The smallest absolute Gasteiger partial charge is 0.412 e. The first-order valence-electron chi connectivity index (χ1n) is 0. The number of hydrogen-bond donors (Lipinski definition) is 0. The van der Waals surface area contributed by atoms with Crippen LogP contribution in [0.4, 0.5) is 0 Å². The van der Waals surface area contributed by atoms with Crippen molar-refractivity contribution >= 4 is 23.1 Å². The second-order valence-electron chi connectivity index (χ2n) is 0. The fourth-order valence-electron chi connectivity index (χ4n) is 0. The third kappa shape index (κ3) is 89.5. The van der Waals surface area contributed by atoms with Crippen molar-refractivity contribution in [3.05, 3.63) is 0 Å². The molecule has 0 aliphatic rings. The molecule has 8 heteroatoms. The maximum Gasteiger partial charge on any atom is 2.00 e. The van der Waals surface area contributed by atoms with Gasteiger partial charge in [-0.05, 0) is 0 Å². The second kappa shape index (κ2) is 131. The Bertz CT molecular complexity index is 8.49. The van der Waals surface area contributed by atoms with Crippen molar-refractivity contribution in [2.24, 2.45) is 0 Å². The Kier molecular flexibility index (Phi) is 2980. The Labute approximate surface area is 105 Å². The summed E-state index contributed by atoms with van der Waals surface area (Å²) >= 11 is 0. The second-order valence-corrected chi connectivity index (χ2v) is 0. The van der Waals surface area contributed by atoms with Gasteiger partial charge in [0.25, 0.3) is 0 Å². The molecule has 0 rings (SSSR count). The van der Waals surface area contributed by atoms with Gasteiger partial charge in [-0.25, -0.2) is 0 Å². The van der Waals surface area contributed by atoms with Gasteiger partial charge in [-0.2, -0.15) is 0 Å². The summed E-state index contributed by atoms with van der Waals surface area (Å²) < 4.78 is 0. The molecule has 0 amide bonds. The van der Waals surface area contributed by atoms with Crippen LogP contribution in [-0.4, -0.2) is 55.9 Å². The quantitative estimate of drug-likeness (QED) is 0.313. The molecule has 0 aromatic heterocycles. The Morgan fingerprint density at radius 3 is 0.375 bits per heavy atom. The molecular weight excluding hydrogens is 159 g/mol. The van der Waals surface area contributed by atoms with Crippen LogP contribution < -0.4 is 51.4 Å². The van der Waals surface area contributed by atoms with E-state index < -0.39 is 0 Å². The summed E-state index contributed by atoms with van der Waals surface area (Å²) in [7, 11) is 0. The van der Waals surface area contributed by atoms with Crippen LogP contribution >= 0.6 is 0 Å². The SMILES string of the molecule is O.O.O.O.O.O.[K+].[Mg+2]. The maximum absolute atomic E-state index is 0. The number of hydrogen-bond acceptors (Lipinski definition) is 0. The Balaban J connectivity index is 0. The molecule has 0 aromatic rings. The molecule has 12 N–H and O–H groups in total. The molecule has 0 radical (unpaired) electrons. The summed E-state index contributed by atoms with van der Waals surface area (Å²) in [4.78, 5) is 0. The minimum atomic E-state index is 0. The maximum atomic E-state index is 0. The molecule has 0 saturated carbocycles. The molecule has 48 valence electrons. The molecule has 0 fully saturated rings. The van der Waals surface area contributed by atoms with Gasteiger partial charge in [0.2, 0.25) is 0 Å². The largest absolute Gasteiger partial charge is 2.00 e. The first-order chi connectivity index (χ1) is 0. The summed E-state index contributed by atoms with van der Waals surface area (Å²) in [5, 5.41) is 0. The fraction of sp³-hybridized carbons (Fsp3) is 0. The van der Waals surface area contributed by atoms with E-state index in [0.717, 1.165) is 0 Å². The van der Waals surface area contributed by atoms with Crippen LogP contribution in [0.15, 0.2) is 0 Å². The summed E-state index contributed by atoms with van der Waals surface area (Å²) in [6.45, 7) is 0. The molecule has 0 bridgehead atoms. The molecule has 6 nitrogen and oxygen atoms in total. The predicted molar refractivity (Wildman–Crippen MR) is 27.4 cm³/mol. The van der Waals surface area contributed by atoms with E-state index >= 15 is 0 Å². The third-order valence-corrected chi connectivity index (χ3v) is 0. The van der Waals surface area contributed by atoms with E-state index in [1.54, 1.807) is 0 Å². The molecule has 0 aromatic carbocycles. The van der Waals surface area contributed by atoms with E-state index in [2.05, 4.69) is 0 Å². The standard InChI is InChI=1S/K.Mg.6H2O/h;;6*1H2/q+1;+2;;;;;;. The molecule has 0 saturated heterocycles. The topological polar surface area (TPSA) is 189 Å². The monoisotopic (exact) mass is 171 g/mol. The van der Waals surface area contributed by atoms with Crippen LogP contribution in [0.25, 0.3) is 0 Å². The number of rotatable bonds is 0. The molecule has 0 aliphatic carbocycles. The van der Waals surface area contributed by atoms with E-state index in [4.69, 9.17) is 0 Å². The van der Waals surface area contributed by atoms with Crippen molar-refractivity contribution in [3.63, 3.8) is 0 Å². The molecule has 0 heterocycles. The summed E-state index contributed by atoms with van der Waals surface area (Å²) in [6, 6.07) is 0. The van der Waals surface area contributed by atoms with Gasteiger partial charge in [-0.15, -0.1) is 0 Å². The third-order valence-electron chi connectivity index (χ3n) is 0. The van der Waals surface area contributed by atoms with Crippen LogP contribution in [0.1, 0.15) is 0 Å². The predicted octanol–water partition coefficient (Wildman–Crippen LogP) is -8.32. The summed E-state index contributed by atoms with van der Waals surface area (Å²) in [5.41, 5.74) is 0. The zero-order chi connectivity index (χ0) is 0. The van der Waals surface area contributed by atoms with Gasteiger partial charge >= 0.3 is 74.4 Å². The van der Waals surface area contributed by atoms with Crippen LogP contribution in [0.2, 0.25) is 0 Å². The van der Waals surface area contributed by atoms with E-state index in [0.29, 0.717) is 0 Å². The molecule has 0 spiro atoms. The zero-order valence-corrected chi connectivity index (χ0v) is 9.24. The normalized spacial score (nSPS) is 0. The van der Waals surface area contributed by atoms with Crippen LogP contribution in [0, 0.1) is 0 Å². The fourth-order valence-corrected chi connectivity index (χ4v) is 0. The van der Waals surface area contributed by atoms with Crippen molar-refractivity contribution in [2.45, 2.75) is 0 Å². The van der Waals surface area contributed by atoms with Gasteiger partial charge in [-0.1, -0.05) is 0 Å². The van der Waals surface area contributed by atoms with E-state index in [9.17, 15) is 0 Å². The Hall–Kier alpha value is 2.16. The molecular formula is H12KMgO6+3. The average molecular weight is 171 g/mol. The van der Waals surface area contributed by atoms with Gasteiger partial charge in [0.1, 0.15) is 0 Å². The van der Waals surface area contributed by atoms with Gasteiger partial charge in [0, 0.05) is 0 Å². The van der Waals surface area contributed by atoms with Crippen LogP contribution in [0.5, 0.6) is 0 Å². The van der Waals surface area contributed by atoms with Crippen molar-refractivity contribution in [1.29, 1.82) is 0 Å². The first kappa shape index (κ1) is 182. The molecule has 0 aliphatic heterocycles. The molecule has 0 atom stereocenters. The van der Waals surface area contributed by atoms with Gasteiger partial charge < -0.3 is 32.9 Å². The average Bonchev–Trinajstić information content (AvgIpc) is 0. The summed E-state index contributed by atoms with van der Waals surface area (Å²) in [5.74, 6) is 0. The van der Waals surface area contributed by atoms with Crippen molar-refractivity contribution < 1.29 is 84.2 Å². The molecule has 8 heavy (non-hydrogen) atoms. The van der Waals surface area contributed by atoms with Crippen molar-refractivity contribution in [3.8, 4) is 0 Å². The van der Waals surface area contributed by atoms with Gasteiger partial charge in [-0.3, -0.25) is 0 Å². The summed E-state index contributed by atoms with van der Waals surface area (Å²) in [6.07, 6.45) is 0. The molecule has 0 unspecified atom stereocenters. The zero-order valence-electron chi connectivity index (χ0n) is 4.71. The first-order valence-corrected chi connectivity index (χ1v) is 0. The van der Waals surface area contributed by atoms with E-state index in [1.807, 2.05) is 0 Å². The van der Waals surface area contributed by atoms with Crippen LogP contribution in [0.3, 0.4) is 0 Å².